The van der Waals surface area contributed by atoms with Gasteiger partial charge in [0.25, 0.3) is 17.7 Å². The molecule has 0 aromatic heterocycles. The molecule has 1 saturated carbocycles. The van der Waals surface area contributed by atoms with E-state index in [0.29, 0.717) is 23.0 Å². The molecule has 0 unspecified atom stereocenters. The number of carbonyl (C=O) groups is 4. The molecule has 0 radical (unpaired) electrons. The number of ether oxygens (including phenoxy) is 1. The highest BCUT2D eigenvalue weighted by molar-refractivity contribution is 6.21. The lowest BCUT2D eigenvalue weighted by molar-refractivity contribution is -0.155. The first-order chi connectivity index (χ1) is 13.8. The van der Waals surface area contributed by atoms with Gasteiger partial charge < -0.3 is 10.1 Å². The minimum atomic E-state index is -0.922. The van der Waals surface area contributed by atoms with Crippen molar-refractivity contribution in [1.82, 2.24) is 10.2 Å². The van der Waals surface area contributed by atoms with Crippen molar-refractivity contribution in [2.45, 2.75) is 58.6 Å². The second-order valence-electron chi connectivity index (χ2n) is 8.07. The zero-order valence-corrected chi connectivity index (χ0v) is 17.1. The van der Waals surface area contributed by atoms with Crippen LogP contribution in [0.1, 0.15) is 67.2 Å². The Kier molecular flexibility index (Phi) is 6.35. The Morgan fingerprint density at radius 2 is 1.76 bits per heavy atom. The number of esters is 1. The Morgan fingerprint density at radius 3 is 2.38 bits per heavy atom. The summed E-state index contributed by atoms with van der Waals surface area (Å²) in [6.07, 6.45) is 2.09. The van der Waals surface area contributed by atoms with Crippen LogP contribution in [0.3, 0.4) is 0 Å². The van der Waals surface area contributed by atoms with Gasteiger partial charge in [0.05, 0.1) is 17.5 Å². The fraction of sp³-hybridized carbons (Fsp3) is 0.545. The Balaban J connectivity index is 1.47. The lowest BCUT2D eigenvalue weighted by Gasteiger charge is -2.35. The van der Waals surface area contributed by atoms with Gasteiger partial charge in [-0.1, -0.05) is 38.8 Å². The molecule has 0 spiro atoms. The standard InChI is InChI=1S/C22H28N2O5/c1-13-7-6-10-18(14(13)2)23-20(26)15(3)29-19(25)11-12-24-21(27)16-8-4-5-9-17(16)22(24)28/h4-5,8-9,13-15,18H,6-7,10-12H2,1-3H3,(H,23,26)/t13-,14-,15-,18+/m0/s1. The molecule has 7 nitrogen and oxygen atoms in total. The zero-order valence-electron chi connectivity index (χ0n) is 17.1. The van der Waals surface area contributed by atoms with Gasteiger partial charge in [0.2, 0.25) is 0 Å². The lowest BCUT2D eigenvalue weighted by atomic mass is 9.78. The van der Waals surface area contributed by atoms with Gasteiger partial charge in [0.15, 0.2) is 6.10 Å². The number of hydrogen-bond acceptors (Lipinski definition) is 5. The third kappa shape index (κ3) is 4.49. The molecule has 1 aliphatic carbocycles. The van der Waals surface area contributed by atoms with E-state index in [1.165, 1.54) is 6.92 Å². The highest BCUT2D eigenvalue weighted by Gasteiger charge is 2.35. The van der Waals surface area contributed by atoms with E-state index in [-0.39, 0.29) is 24.9 Å². The molecule has 1 N–H and O–H groups in total. The molecule has 29 heavy (non-hydrogen) atoms. The van der Waals surface area contributed by atoms with Crippen molar-refractivity contribution >= 4 is 23.7 Å². The van der Waals surface area contributed by atoms with E-state index in [4.69, 9.17) is 4.74 Å². The van der Waals surface area contributed by atoms with Crippen molar-refractivity contribution < 1.29 is 23.9 Å². The van der Waals surface area contributed by atoms with Crippen LogP contribution in [-0.4, -0.2) is 47.3 Å². The molecule has 1 aromatic rings. The summed E-state index contributed by atoms with van der Waals surface area (Å²) in [5.41, 5.74) is 0.684. The number of rotatable bonds is 6. The van der Waals surface area contributed by atoms with Crippen molar-refractivity contribution in [1.29, 1.82) is 0 Å². The van der Waals surface area contributed by atoms with Gasteiger partial charge in [-0.15, -0.1) is 0 Å². The van der Waals surface area contributed by atoms with Crippen LogP contribution < -0.4 is 5.32 Å². The number of hydrogen-bond donors (Lipinski definition) is 1. The molecular weight excluding hydrogens is 372 g/mol. The number of amides is 3. The molecular formula is C22H28N2O5. The summed E-state index contributed by atoms with van der Waals surface area (Å²) >= 11 is 0. The van der Waals surface area contributed by atoms with Gasteiger partial charge in [0, 0.05) is 12.6 Å². The maximum atomic E-state index is 12.4. The maximum Gasteiger partial charge on any atom is 0.308 e. The van der Waals surface area contributed by atoms with Crippen molar-refractivity contribution in [2.24, 2.45) is 11.8 Å². The maximum absolute atomic E-state index is 12.4. The number of imide groups is 1. The van der Waals surface area contributed by atoms with Crippen LogP contribution in [0.15, 0.2) is 24.3 Å². The monoisotopic (exact) mass is 400 g/mol. The Morgan fingerprint density at radius 1 is 1.14 bits per heavy atom. The van der Waals surface area contributed by atoms with Gasteiger partial charge in [-0.25, -0.2) is 0 Å². The Hall–Kier alpha value is -2.70. The fourth-order valence-electron chi connectivity index (χ4n) is 4.04. The molecule has 4 atom stereocenters. The van der Waals surface area contributed by atoms with E-state index in [1.807, 2.05) is 0 Å². The van der Waals surface area contributed by atoms with E-state index in [9.17, 15) is 19.2 Å². The van der Waals surface area contributed by atoms with Crippen LogP contribution >= 0.6 is 0 Å². The smallest absolute Gasteiger partial charge is 0.308 e. The van der Waals surface area contributed by atoms with Gasteiger partial charge in [-0.05, 0) is 37.3 Å². The summed E-state index contributed by atoms with van der Waals surface area (Å²) in [5, 5.41) is 2.99. The van der Waals surface area contributed by atoms with Crippen molar-refractivity contribution in [2.75, 3.05) is 6.54 Å². The van der Waals surface area contributed by atoms with Gasteiger partial charge in [-0.2, -0.15) is 0 Å². The molecule has 1 fully saturated rings. The molecule has 3 amide bonds. The van der Waals surface area contributed by atoms with Gasteiger partial charge in [0.1, 0.15) is 0 Å². The van der Waals surface area contributed by atoms with E-state index < -0.39 is 23.9 Å². The summed E-state index contributed by atoms with van der Waals surface area (Å²) in [5.74, 6) is -0.829. The molecule has 2 aliphatic rings. The summed E-state index contributed by atoms with van der Waals surface area (Å²) < 4.78 is 5.22. The van der Waals surface area contributed by atoms with E-state index >= 15 is 0 Å². The summed E-state index contributed by atoms with van der Waals surface area (Å²) in [7, 11) is 0. The van der Waals surface area contributed by atoms with Gasteiger partial charge >= 0.3 is 5.97 Å². The molecule has 3 rings (SSSR count). The van der Waals surface area contributed by atoms with Crippen molar-refractivity contribution in [3.8, 4) is 0 Å². The number of nitrogens with one attached hydrogen (secondary N) is 1. The summed E-state index contributed by atoms with van der Waals surface area (Å²) in [4.78, 5) is 50.2. The highest BCUT2D eigenvalue weighted by Crippen LogP contribution is 2.29. The first-order valence-corrected chi connectivity index (χ1v) is 10.2. The van der Waals surface area contributed by atoms with E-state index in [2.05, 4.69) is 19.2 Å². The molecule has 1 aliphatic heterocycles. The van der Waals surface area contributed by atoms with Crippen LogP contribution in [0.2, 0.25) is 0 Å². The number of benzene rings is 1. The molecule has 0 saturated heterocycles. The second-order valence-corrected chi connectivity index (χ2v) is 8.07. The predicted molar refractivity (Wildman–Crippen MR) is 106 cm³/mol. The summed E-state index contributed by atoms with van der Waals surface area (Å²) in [6, 6.07) is 6.65. The van der Waals surface area contributed by atoms with Crippen LogP contribution in [0, 0.1) is 11.8 Å². The normalized spacial score (nSPS) is 24.8. The third-order valence-corrected chi connectivity index (χ3v) is 6.13. The predicted octanol–water partition coefficient (Wildman–Crippen LogP) is 2.55. The first-order valence-electron chi connectivity index (χ1n) is 10.2. The number of carbonyl (C=O) groups excluding carboxylic acids is 4. The average Bonchev–Trinajstić information content (AvgIpc) is 2.94. The van der Waals surface area contributed by atoms with Crippen LogP contribution in [0.5, 0.6) is 0 Å². The SMILES string of the molecule is C[C@H]1[C@@H](C)CCC[C@H]1NC(=O)[C@H](C)OC(=O)CCN1C(=O)c2ccccc2C1=O. The van der Waals surface area contributed by atoms with E-state index in [1.54, 1.807) is 24.3 Å². The van der Waals surface area contributed by atoms with Gasteiger partial charge in [-0.3, -0.25) is 24.1 Å². The molecule has 1 heterocycles. The molecule has 1 aromatic carbocycles. The Bertz CT molecular complexity index is 786. The zero-order chi connectivity index (χ0) is 21.1. The van der Waals surface area contributed by atoms with Crippen molar-refractivity contribution in [3.05, 3.63) is 35.4 Å². The Labute approximate surface area is 170 Å². The number of fused-ring (bicyclic) bond motifs is 1. The fourth-order valence-corrected chi connectivity index (χ4v) is 4.04. The van der Waals surface area contributed by atoms with E-state index in [0.717, 1.165) is 24.2 Å². The molecule has 7 heteroatoms. The average molecular weight is 400 g/mol. The minimum absolute atomic E-state index is 0.0727. The molecule has 0 bridgehead atoms. The van der Waals surface area contributed by atoms with Crippen molar-refractivity contribution in [3.63, 3.8) is 0 Å². The third-order valence-electron chi connectivity index (χ3n) is 6.13. The quantitative estimate of drug-likeness (QED) is 0.585. The molecule has 156 valence electrons. The largest absolute Gasteiger partial charge is 0.452 e. The summed E-state index contributed by atoms with van der Waals surface area (Å²) in [6.45, 7) is 5.78. The lowest BCUT2D eigenvalue weighted by Crippen LogP contribution is -2.47. The van der Waals surface area contributed by atoms with Crippen LogP contribution in [0.25, 0.3) is 0 Å². The number of nitrogens with zero attached hydrogens (tertiary/aromatic N) is 1. The highest BCUT2D eigenvalue weighted by atomic mass is 16.5. The van der Waals surface area contributed by atoms with Crippen LogP contribution in [0.4, 0.5) is 0 Å². The first kappa shape index (κ1) is 21.0. The van der Waals surface area contributed by atoms with Crippen LogP contribution in [-0.2, 0) is 14.3 Å². The second kappa shape index (κ2) is 8.76. The topological polar surface area (TPSA) is 92.8 Å². The minimum Gasteiger partial charge on any atom is -0.452 e.